The van der Waals surface area contributed by atoms with Crippen molar-refractivity contribution >= 4 is 22.7 Å². The molecule has 0 saturated carbocycles. The molecule has 1 fully saturated rings. The summed E-state index contributed by atoms with van der Waals surface area (Å²) in [5.41, 5.74) is 3.26. The number of para-hydroxylation sites is 1. The van der Waals surface area contributed by atoms with Gasteiger partial charge in [0.15, 0.2) is 5.43 Å². The number of nitrogens with one attached hydrogen (secondary N) is 1. The zero-order valence-electron chi connectivity index (χ0n) is 17.2. The largest absolute Gasteiger partial charge is 0.478 e. The van der Waals surface area contributed by atoms with Crippen LogP contribution in [0.5, 0.6) is 0 Å². The molecule has 2 aromatic heterocycles. The zero-order chi connectivity index (χ0) is 22.1. The molecule has 0 unspecified atom stereocenters. The third kappa shape index (κ3) is 3.85. The van der Waals surface area contributed by atoms with Crippen molar-refractivity contribution in [3.05, 3.63) is 76.1 Å². The highest BCUT2D eigenvalue weighted by Gasteiger charge is 2.16. The van der Waals surface area contributed by atoms with Gasteiger partial charge < -0.3 is 19.7 Å². The van der Waals surface area contributed by atoms with Crippen molar-refractivity contribution in [3.8, 4) is 11.3 Å². The van der Waals surface area contributed by atoms with Gasteiger partial charge in [0.2, 0.25) is 0 Å². The number of ether oxygens (including phenoxy) is 1. The Labute approximate surface area is 182 Å². The van der Waals surface area contributed by atoms with Gasteiger partial charge in [0, 0.05) is 30.1 Å². The van der Waals surface area contributed by atoms with Gasteiger partial charge in [-0.3, -0.25) is 4.79 Å². The summed E-state index contributed by atoms with van der Waals surface area (Å²) in [6.45, 7) is 3.15. The minimum atomic E-state index is -0.957. The van der Waals surface area contributed by atoms with Crippen molar-refractivity contribution in [1.29, 1.82) is 0 Å². The molecule has 0 aliphatic carbocycles. The number of morpholine rings is 1. The molecule has 0 bridgehead atoms. The summed E-state index contributed by atoms with van der Waals surface area (Å²) in [6.07, 6.45) is 1.82. The summed E-state index contributed by atoms with van der Waals surface area (Å²) in [7, 11) is 0. The highest BCUT2D eigenvalue weighted by molar-refractivity contribution is 5.93. The lowest BCUT2D eigenvalue weighted by Crippen LogP contribution is -2.37. The van der Waals surface area contributed by atoms with E-state index in [-0.39, 0.29) is 11.0 Å². The van der Waals surface area contributed by atoms with E-state index in [4.69, 9.17) is 9.84 Å². The van der Waals surface area contributed by atoms with Gasteiger partial charge in [-0.15, -0.1) is 5.10 Å². The molecule has 5 rings (SSSR count). The molecule has 9 heteroatoms. The van der Waals surface area contributed by atoms with Gasteiger partial charge in [0.25, 0.3) is 0 Å². The molecule has 1 saturated heterocycles. The van der Waals surface area contributed by atoms with Gasteiger partial charge in [0.05, 0.1) is 37.0 Å². The lowest BCUT2D eigenvalue weighted by molar-refractivity contribution is 0.0697. The van der Waals surface area contributed by atoms with Crippen LogP contribution in [0.25, 0.3) is 22.2 Å². The lowest BCUT2D eigenvalue weighted by atomic mass is 10.1. The Morgan fingerprint density at radius 1 is 1.12 bits per heavy atom. The lowest BCUT2D eigenvalue weighted by Gasteiger charge is -2.28. The Morgan fingerprint density at radius 2 is 1.91 bits per heavy atom. The predicted molar refractivity (Wildman–Crippen MR) is 119 cm³/mol. The average Bonchev–Trinajstić information content (AvgIpc) is 3.28. The second-order valence-electron chi connectivity index (χ2n) is 7.65. The number of hydrogen-bond donors (Lipinski definition) is 2. The molecule has 4 aromatic rings. The number of carbonyl (C=O) groups is 1. The molecule has 0 atom stereocenters. The maximum Gasteiger partial charge on any atom is 0.335 e. The molecule has 2 N–H and O–H groups in total. The molecule has 0 spiro atoms. The van der Waals surface area contributed by atoms with E-state index in [2.05, 4.69) is 20.2 Å². The minimum absolute atomic E-state index is 0.0481. The fraction of sp³-hybridized carbons (Fsp3) is 0.217. The first kappa shape index (κ1) is 20.0. The monoisotopic (exact) mass is 431 g/mol. The number of benzene rings is 2. The van der Waals surface area contributed by atoms with Gasteiger partial charge in [-0.25, -0.2) is 9.48 Å². The SMILES string of the molecule is O=C(O)c1ccc(Cn2cc(-c3cccc4c(=O)cc(N5CCOCC5)[nH]c34)nn2)cc1. The second-order valence-corrected chi connectivity index (χ2v) is 7.65. The second kappa shape index (κ2) is 8.27. The number of aromatic amines is 1. The number of fused-ring (bicyclic) bond motifs is 1. The van der Waals surface area contributed by atoms with Crippen LogP contribution in [0.1, 0.15) is 15.9 Å². The number of aromatic nitrogens is 4. The van der Waals surface area contributed by atoms with Crippen molar-refractivity contribution in [2.24, 2.45) is 0 Å². The summed E-state index contributed by atoms with van der Waals surface area (Å²) in [5.74, 6) is -0.190. The zero-order valence-corrected chi connectivity index (χ0v) is 17.2. The molecule has 162 valence electrons. The third-order valence-electron chi connectivity index (χ3n) is 5.56. The van der Waals surface area contributed by atoms with Crippen LogP contribution in [0.3, 0.4) is 0 Å². The molecule has 2 aromatic carbocycles. The van der Waals surface area contributed by atoms with Crippen LogP contribution in [0, 0.1) is 0 Å². The molecular formula is C23H21N5O4. The average molecular weight is 431 g/mol. The van der Waals surface area contributed by atoms with E-state index in [1.807, 2.05) is 18.3 Å². The van der Waals surface area contributed by atoms with Gasteiger partial charge in [-0.1, -0.05) is 29.5 Å². The first-order valence-corrected chi connectivity index (χ1v) is 10.3. The fourth-order valence-corrected chi connectivity index (χ4v) is 3.89. The number of anilines is 1. The fourth-order valence-electron chi connectivity index (χ4n) is 3.89. The molecule has 1 aliphatic heterocycles. The van der Waals surface area contributed by atoms with Gasteiger partial charge >= 0.3 is 5.97 Å². The van der Waals surface area contributed by atoms with Crippen LogP contribution in [0.4, 0.5) is 5.82 Å². The number of aromatic carboxylic acids is 1. The number of carboxylic acid groups (broad SMARTS) is 1. The van der Waals surface area contributed by atoms with Crippen LogP contribution in [-0.2, 0) is 11.3 Å². The number of carboxylic acids is 1. The van der Waals surface area contributed by atoms with E-state index in [1.54, 1.807) is 41.1 Å². The van der Waals surface area contributed by atoms with E-state index >= 15 is 0 Å². The normalized spacial score (nSPS) is 14.1. The topological polar surface area (TPSA) is 113 Å². The standard InChI is InChI=1S/C23H21N5O4/c29-20-12-21(27-8-10-32-11-9-27)24-22-17(2-1-3-18(20)22)19-14-28(26-25-19)13-15-4-6-16(7-5-15)23(30)31/h1-7,12,14H,8-11,13H2,(H,24,29)(H,30,31). The highest BCUT2D eigenvalue weighted by atomic mass is 16.5. The molecule has 1 aliphatic rings. The van der Waals surface area contributed by atoms with E-state index < -0.39 is 5.97 Å². The predicted octanol–water partition coefficient (Wildman–Crippen LogP) is 2.37. The van der Waals surface area contributed by atoms with Crippen LogP contribution >= 0.6 is 0 Å². The number of hydrogen-bond acceptors (Lipinski definition) is 6. The van der Waals surface area contributed by atoms with Crippen molar-refractivity contribution in [1.82, 2.24) is 20.0 Å². The van der Waals surface area contributed by atoms with Crippen molar-refractivity contribution in [3.63, 3.8) is 0 Å². The molecule has 3 heterocycles. The summed E-state index contributed by atoms with van der Waals surface area (Å²) >= 11 is 0. The maximum atomic E-state index is 12.8. The smallest absolute Gasteiger partial charge is 0.335 e. The van der Waals surface area contributed by atoms with Crippen LogP contribution < -0.4 is 10.3 Å². The first-order chi connectivity index (χ1) is 15.6. The third-order valence-corrected chi connectivity index (χ3v) is 5.56. The van der Waals surface area contributed by atoms with Crippen molar-refractivity contribution in [2.45, 2.75) is 6.54 Å². The van der Waals surface area contributed by atoms with E-state index in [1.165, 1.54) is 0 Å². The number of rotatable bonds is 5. The maximum absolute atomic E-state index is 12.8. The van der Waals surface area contributed by atoms with Crippen molar-refractivity contribution < 1.29 is 14.6 Å². The Balaban J connectivity index is 1.48. The first-order valence-electron chi connectivity index (χ1n) is 10.3. The Kier molecular flexibility index (Phi) is 5.16. The van der Waals surface area contributed by atoms with E-state index in [0.29, 0.717) is 30.8 Å². The summed E-state index contributed by atoms with van der Waals surface area (Å²) in [5, 5.41) is 18.2. The number of pyridine rings is 1. The van der Waals surface area contributed by atoms with Crippen LogP contribution in [-0.4, -0.2) is 57.4 Å². The van der Waals surface area contributed by atoms with Crippen molar-refractivity contribution in [2.75, 3.05) is 31.2 Å². The molecule has 0 radical (unpaired) electrons. The molecular weight excluding hydrogens is 410 g/mol. The Bertz CT molecular complexity index is 1340. The Hall–Kier alpha value is -3.98. The summed E-state index contributed by atoms with van der Waals surface area (Å²) in [4.78, 5) is 29.3. The van der Waals surface area contributed by atoms with Gasteiger partial charge in [-0.05, 0) is 23.8 Å². The van der Waals surface area contributed by atoms with E-state index in [0.717, 1.165) is 35.6 Å². The van der Waals surface area contributed by atoms with Gasteiger partial charge in [-0.2, -0.15) is 0 Å². The summed E-state index contributed by atoms with van der Waals surface area (Å²) < 4.78 is 7.11. The number of nitrogens with zero attached hydrogens (tertiary/aromatic N) is 4. The molecule has 0 amide bonds. The highest BCUT2D eigenvalue weighted by Crippen LogP contribution is 2.26. The number of H-pyrrole nitrogens is 1. The van der Waals surface area contributed by atoms with Crippen LogP contribution in [0.15, 0.2) is 59.5 Å². The van der Waals surface area contributed by atoms with E-state index in [9.17, 15) is 9.59 Å². The van der Waals surface area contributed by atoms with Crippen LogP contribution in [0.2, 0.25) is 0 Å². The summed E-state index contributed by atoms with van der Waals surface area (Å²) in [6, 6.07) is 13.8. The molecule has 32 heavy (non-hydrogen) atoms. The van der Waals surface area contributed by atoms with Gasteiger partial charge in [0.1, 0.15) is 11.5 Å². The minimum Gasteiger partial charge on any atom is -0.478 e. The Morgan fingerprint density at radius 3 is 2.66 bits per heavy atom. The quantitative estimate of drug-likeness (QED) is 0.499. The molecule has 9 nitrogen and oxygen atoms in total.